The highest BCUT2D eigenvalue weighted by molar-refractivity contribution is 5.73. The highest BCUT2D eigenvalue weighted by Crippen LogP contribution is 2.36. The minimum absolute atomic E-state index is 0.652. The Balaban J connectivity index is 1.49. The molecule has 26 heteroatoms. The molecule has 25 atom stereocenters. The first-order chi connectivity index (χ1) is 28.2. The Morgan fingerprint density at radius 2 is 0.933 bits per heavy atom. The van der Waals surface area contributed by atoms with Crippen molar-refractivity contribution in [2.75, 3.05) is 19.8 Å². The van der Waals surface area contributed by atoms with Crippen molar-refractivity contribution in [2.24, 2.45) is 0 Å². The van der Waals surface area contributed by atoms with Gasteiger partial charge in [-0.1, -0.05) is 0 Å². The largest absolute Gasteiger partial charge is 0.394 e. The maximum absolute atomic E-state index is 12.8. The van der Waals surface area contributed by atoms with Crippen LogP contribution in [0.3, 0.4) is 0 Å². The third-order valence-corrected chi connectivity index (χ3v) is 11.0. The van der Waals surface area contributed by atoms with E-state index in [1.54, 1.807) is 0 Å². The molecule has 0 aromatic heterocycles. The fourth-order valence-electron chi connectivity index (χ4n) is 7.60. The number of nitrogens with one attached hydrogen (secondary N) is 2. The predicted molar refractivity (Wildman–Crippen MR) is 187 cm³/mol. The fraction of sp³-hybridized carbons (Fsp3) is 0.941. The number of carbonyl (C=O) groups excluding carboxylic acids is 2. The van der Waals surface area contributed by atoms with Crippen LogP contribution in [0, 0.1) is 0 Å². The quantitative estimate of drug-likeness (QED) is 0.0817. The van der Waals surface area contributed by atoms with Gasteiger partial charge >= 0.3 is 0 Å². The summed E-state index contributed by atoms with van der Waals surface area (Å²) in [7, 11) is 0. The van der Waals surface area contributed by atoms with Crippen molar-refractivity contribution in [3.05, 3.63) is 0 Å². The average molecular weight is 879 g/mol. The average Bonchev–Trinajstić information content (AvgIpc) is 3.20. The monoisotopic (exact) mass is 878 g/mol. The minimum Gasteiger partial charge on any atom is -0.394 e. The number of aliphatic hydroxyl groups excluding tert-OH is 13. The number of ether oxygens (including phenoxy) is 9. The lowest BCUT2D eigenvalue weighted by Gasteiger charge is -2.51. The van der Waals surface area contributed by atoms with E-state index in [1.807, 2.05) is 0 Å². The summed E-state index contributed by atoms with van der Waals surface area (Å²) in [6, 6.07) is -3.05. The van der Waals surface area contributed by atoms with E-state index in [0.29, 0.717) is 0 Å². The van der Waals surface area contributed by atoms with Crippen molar-refractivity contribution >= 4 is 11.8 Å². The molecule has 5 aliphatic heterocycles. The summed E-state index contributed by atoms with van der Waals surface area (Å²) in [4.78, 5) is 24.4. The molecule has 5 heterocycles. The van der Waals surface area contributed by atoms with Gasteiger partial charge in [0.05, 0.1) is 32.0 Å². The topological polar surface area (TPSA) is 404 Å². The molecular formula is C34H58N2O24. The minimum atomic E-state index is -2.01. The Hall–Kier alpha value is -1.94. The Bertz CT molecular complexity index is 1410. The SMILES string of the molecule is CC(=O)NC1[C@H](OCC2O[C@@H](O)C(NC(C)=O)[C@@H](O)C2O)OC(CO)C(O[C@@H]2OC(CO)C(O)[C@H](O)C2OC2OC(C)[C@H](O)C(O)[C@@H]2O)[C@@H]1O[C@H]1OC(C)C(O)[C@@H](O)C1O. The Morgan fingerprint density at radius 3 is 1.45 bits per heavy atom. The second kappa shape index (κ2) is 20.7. The van der Waals surface area contributed by atoms with Gasteiger partial charge in [0, 0.05) is 13.8 Å². The zero-order valence-electron chi connectivity index (χ0n) is 32.9. The van der Waals surface area contributed by atoms with E-state index in [-0.39, 0.29) is 0 Å². The number of rotatable bonds is 13. The molecule has 15 N–H and O–H groups in total. The van der Waals surface area contributed by atoms with Gasteiger partial charge in [-0.25, -0.2) is 0 Å². The third-order valence-electron chi connectivity index (χ3n) is 11.0. The van der Waals surface area contributed by atoms with E-state index in [2.05, 4.69) is 10.6 Å². The van der Waals surface area contributed by atoms with Gasteiger partial charge in [0.25, 0.3) is 0 Å². The van der Waals surface area contributed by atoms with Crippen molar-refractivity contribution in [1.29, 1.82) is 0 Å². The van der Waals surface area contributed by atoms with Crippen molar-refractivity contribution in [2.45, 2.75) is 181 Å². The van der Waals surface area contributed by atoms with Gasteiger partial charge in [-0.3, -0.25) is 9.59 Å². The van der Waals surface area contributed by atoms with Crippen LogP contribution < -0.4 is 10.6 Å². The molecule has 26 nitrogen and oxygen atoms in total. The van der Waals surface area contributed by atoms with Crippen LogP contribution in [-0.2, 0) is 52.2 Å². The first-order valence-electron chi connectivity index (χ1n) is 19.3. The molecule has 5 rings (SSSR count). The normalized spacial score (nSPS) is 50.2. The predicted octanol–water partition coefficient (Wildman–Crippen LogP) is -9.58. The van der Waals surface area contributed by atoms with Gasteiger partial charge in [0.1, 0.15) is 110 Å². The third kappa shape index (κ3) is 10.5. The zero-order valence-corrected chi connectivity index (χ0v) is 32.9. The molecule has 5 fully saturated rings. The molecule has 0 spiro atoms. The molecule has 5 aliphatic rings. The van der Waals surface area contributed by atoms with Crippen molar-refractivity contribution in [1.82, 2.24) is 10.6 Å². The smallest absolute Gasteiger partial charge is 0.217 e. The Morgan fingerprint density at radius 1 is 0.467 bits per heavy atom. The number of hydrogen-bond acceptors (Lipinski definition) is 24. The maximum Gasteiger partial charge on any atom is 0.217 e. The molecule has 0 aromatic carbocycles. The molecule has 0 aromatic rings. The van der Waals surface area contributed by atoms with Crippen LogP contribution in [0.2, 0.25) is 0 Å². The summed E-state index contributed by atoms with van der Waals surface area (Å²) in [5.41, 5.74) is 0. The van der Waals surface area contributed by atoms with E-state index < -0.39 is 185 Å². The van der Waals surface area contributed by atoms with Gasteiger partial charge in [-0.05, 0) is 13.8 Å². The number of aliphatic hydroxyl groups is 13. The summed E-state index contributed by atoms with van der Waals surface area (Å²) in [5.74, 6) is -1.42. The lowest BCUT2D eigenvalue weighted by molar-refractivity contribution is -0.393. The molecule has 348 valence electrons. The van der Waals surface area contributed by atoms with Crippen LogP contribution in [0.1, 0.15) is 27.7 Å². The molecule has 2 amide bonds. The van der Waals surface area contributed by atoms with Crippen LogP contribution in [0.4, 0.5) is 0 Å². The van der Waals surface area contributed by atoms with Gasteiger partial charge in [-0.15, -0.1) is 0 Å². The van der Waals surface area contributed by atoms with Crippen molar-refractivity contribution in [3.63, 3.8) is 0 Å². The molecule has 0 aliphatic carbocycles. The molecule has 0 bridgehead atoms. The molecule has 15 unspecified atom stereocenters. The highest BCUT2D eigenvalue weighted by Gasteiger charge is 2.57. The van der Waals surface area contributed by atoms with E-state index >= 15 is 0 Å². The van der Waals surface area contributed by atoms with Gasteiger partial charge < -0.3 is 120 Å². The zero-order chi connectivity index (χ0) is 44.5. The van der Waals surface area contributed by atoms with E-state index in [0.717, 1.165) is 13.8 Å². The second-order valence-electron chi connectivity index (χ2n) is 15.4. The lowest BCUT2D eigenvalue weighted by Crippen LogP contribution is -2.70. The standard InChI is InChI=1S/C34H58N2O24/c1-8-17(41)22(46)25(49)32(53-8)59-28-16(36-11(4)40)31(52-7-14-20(44)21(45)15(30(51)55-14)35-10(3)39)57-13(6-38)27(28)58-34-29(24(48)19(43)12(5-37)56-34)60-33-26(50)23(47)18(42)9(2)54-33/h8-9,12-34,37-38,41-51H,5-7H2,1-4H3,(H,35,39)(H,36,40)/t8?,9?,12?,13?,14?,15?,16?,17?,18-,19?,20?,21+,22+,23?,24-,25?,26-,27?,28+,29?,30+,31+,32+,33?,34-/m0/s1. The Kier molecular flexibility index (Phi) is 16.9. The maximum atomic E-state index is 12.8. The molecule has 0 radical (unpaired) electrons. The first-order valence-corrected chi connectivity index (χ1v) is 19.3. The summed E-state index contributed by atoms with van der Waals surface area (Å²) < 4.78 is 52.5. The summed E-state index contributed by atoms with van der Waals surface area (Å²) >= 11 is 0. The van der Waals surface area contributed by atoms with Crippen LogP contribution >= 0.6 is 0 Å². The highest BCUT2D eigenvalue weighted by atomic mass is 16.8. The van der Waals surface area contributed by atoms with Crippen LogP contribution in [0.5, 0.6) is 0 Å². The Labute approximate surface area is 342 Å². The van der Waals surface area contributed by atoms with Crippen molar-refractivity contribution in [3.8, 4) is 0 Å². The van der Waals surface area contributed by atoms with E-state index in [1.165, 1.54) is 13.8 Å². The lowest BCUT2D eigenvalue weighted by atomic mass is 9.94. The van der Waals surface area contributed by atoms with E-state index in [4.69, 9.17) is 42.6 Å². The van der Waals surface area contributed by atoms with Gasteiger partial charge in [0.2, 0.25) is 11.8 Å². The summed E-state index contributed by atoms with van der Waals surface area (Å²) in [6.07, 6.45) is -39.7. The molecular weight excluding hydrogens is 820 g/mol. The fourth-order valence-corrected chi connectivity index (χ4v) is 7.60. The number of amides is 2. The number of carbonyl (C=O) groups is 2. The molecule has 60 heavy (non-hydrogen) atoms. The van der Waals surface area contributed by atoms with Crippen molar-refractivity contribution < 1.29 is 119 Å². The van der Waals surface area contributed by atoms with Gasteiger partial charge in [0.15, 0.2) is 31.5 Å². The van der Waals surface area contributed by atoms with Crippen LogP contribution in [-0.4, -0.2) is 251 Å². The van der Waals surface area contributed by atoms with Crippen LogP contribution in [0.15, 0.2) is 0 Å². The van der Waals surface area contributed by atoms with E-state index in [9.17, 15) is 76.0 Å². The molecule has 5 saturated heterocycles. The van der Waals surface area contributed by atoms with Gasteiger partial charge in [-0.2, -0.15) is 0 Å². The first kappa shape index (κ1) is 49.1. The molecule has 0 saturated carbocycles. The van der Waals surface area contributed by atoms with Crippen LogP contribution in [0.25, 0.3) is 0 Å². The summed E-state index contributed by atoms with van der Waals surface area (Å²) in [6.45, 7) is 2.27. The second-order valence-corrected chi connectivity index (χ2v) is 15.4. The number of hydrogen-bond donors (Lipinski definition) is 15. The summed E-state index contributed by atoms with van der Waals surface area (Å²) in [5, 5.41) is 143.